The summed E-state index contributed by atoms with van der Waals surface area (Å²) in [6.07, 6.45) is 1.25. The predicted molar refractivity (Wildman–Crippen MR) is 86.8 cm³/mol. The van der Waals surface area contributed by atoms with Crippen LogP contribution in [0.5, 0.6) is 0 Å². The molecule has 2 rings (SSSR count). The molecule has 1 fully saturated rings. The third-order valence-electron chi connectivity index (χ3n) is 3.86. The number of ether oxygens (including phenoxy) is 1. The van der Waals surface area contributed by atoms with Crippen LogP contribution in [-0.4, -0.2) is 38.3 Å². The lowest BCUT2D eigenvalue weighted by atomic mass is 10.1. The summed E-state index contributed by atoms with van der Waals surface area (Å²) in [4.78, 5) is 2.52. The van der Waals surface area contributed by atoms with Gasteiger partial charge in [-0.25, -0.2) is 0 Å². The summed E-state index contributed by atoms with van der Waals surface area (Å²) in [6.45, 7) is 8.33. The van der Waals surface area contributed by atoms with Crippen molar-refractivity contribution in [1.82, 2.24) is 10.2 Å². The van der Waals surface area contributed by atoms with E-state index in [1.165, 1.54) is 28.6 Å². The first-order chi connectivity index (χ1) is 9.72. The van der Waals surface area contributed by atoms with Gasteiger partial charge in [0.15, 0.2) is 0 Å². The number of rotatable bonds is 7. The Bertz CT molecular complexity index is 425. The Morgan fingerprint density at radius 1 is 1.45 bits per heavy atom. The number of hydrogen-bond donors (Lipinski definition) is 1. The van der Waals surface area contributed by atoms with E-state index in [2.05, 4.69) is 51.3 Å². The van der Waals surface area contributed by atoms with Gasteiger partial charge in [0.05, 0.1) is 6.61 Å². The van der Waals surface area contributed by atoms with Gasteiger partial charge in [-0.3, -0.25) is 4.90 Å². The maximum atomic E-state index is 5.26. The summed E-state index contributed by atoms with van der Waals surface area (Å²) in [5, 5.41) is 3.36. The largest absolute Gasteiger partial charge is 0.384 e. The van der Waals surface area contributed by atoms with Crippen molar-refractivity contribution in [3.05, 3.63) is 33.8 Å². The van der Waals surface area contributed by atoms with Gasteiger partial charge in [0.1, 0.15) is 0 Å². The number of benzene rings is 1. The quantitative estimate of drug-likeness (QED) is 0.825. The molecule has 0 amide bonds. The van der Waals surface area contributed by atoms with Crippen molar-refractivity contribution in [2.24, 2.45) is 5.92 Å². The highest BCUT2D eigenvalue weighted by Crippen LogP contribution is 2.24. The number of likely N-dealkylation sites (tertiary alicyclic amines) is 1. The fourth-order valence-electron chi connectivity index (χ4n) is 2.77. The van der Waals surface area contributed by atoms with E-state index >= 15 is 0 Å². The Labute approximate surface area is 130 Å². The molecular weight excluding hydrogens is 316 g/mol. The van der Waals surface area contributed by atoms with Crippen LogP contribution in [0.1, 0.15) is 24.5 Å². The second-order valence-corrected chi connectivity index (χ2v) is 6.41. The van der Waals surface area contributed by atoms with E-state index in [0.717, 1.165) is 32.8 Å². The monoisotopic (exact) mass is 340 g/mol. The molecule has 20 heavy (non-hydrogen) atoms. The first-order valence-corrected chi connectivity index (χ1v) is 8.21. The lowest BCUT2D eigenvalue weighted by Gasteiger charge is -2.17. The van der Waals surface area contributed by atoms with Gasteiger partial charge >= 0.3 is 0 Å². The second kappa shape index (κ2) is 8.13. The topological polar surface area (TPSA) is 24.5 Å². The number of nitrogens with one attached hydrogen (secondary N) is 1. The molecule has 0 radical (unpaired) electrons. The van der Waals surface area contributed by atoms with Gasteiger partial charge in [0.2, 0.25) is 0 Å². The van der Waals surface area contributed by atoms with Gasteiger partial charge in [-0.15, -0.1) is 0 Å². The normalized spacial score (nSPS) is 19.6. The third kappa shape index (κ3) is 4.55. The van der Waals surface area contributed by atoms with Crippen molar-refractivity contribution in [3.8, 4) is 0 Å². The fraction of sp³-hybridized carbons (Fsp3) is 0.625. The van der Waals surface area contributed by atoms with Gasteiger partial charge in [0.25, 0.3) is 0 Å². The van der Waals surface area contributed by atoms with Crippen LogP contribution >= 0.6 is 15.9 Å². The van der Waals surface area contributed by atoms with E-state index in [-0.39, 0.29) is 0 Å². The summed E-state index contributed by atoms with van der Waals surface area (Å²) in [7, 11) is 1.79. The zero-order valence-electron chi connectivity index (χ0n) is 12.5. The smallest absolute Gasteiger partial charge is 0.0503 e. The van der Waals surface area contributed by atoms with Gasteiger partial charge in [-0.2, -0.15) is 0 Å². The Hall–Kier alpha value is -0.420. The van der Waals surface area contributed by atoms with Gasteiger partial charge in [-0.1, -0.05) is 35.0 Å². The van der Waals surface area contributed by atoms with Crippen molar-refractivity contribution in [1.29, 1.82) is 0 Å². The van der Waals surface area contributed by atoms with E-state index in [4.69, 9.17) is 4.74 Å². The van der Waals surface area contributed by atoms with Crippen LogP contribution in [-0.2, 0) is 17.8 Å². The predicted octanol–water partition coefficient (Wildman–Crippen LogP) is 3.03. The van der Waals surface area contributed by atoms with Crippen LogP contribution in [0, 0.1) is 5.92 Å². The molecule has 1 saturated heterocycles. The summed E-state index contributed by atoms with van der Waals surface area (Å²) >= 11 is 3.71. The van der Waals surface area contributed by atoms with E-state index in [1.54, 1.807) is 7.11 Å². The van der Waals surface area contributed by atoms with Crippen LogP contribution in [0.2, 0.25) is 0 Å². The third-order valence-corrected chi connectivity index (χ3v) is 4.60. The molecule has 1 atom stereocenters. The summed E-state index contributed by atoms with van der Waals surface area (Å²) in [5.41, 5.74) is 2.71. The van der Waals surface area contributed by atoms with Crippen LogP contribution in [0.4, 0.5) is 0 Å². The van der Waals surface area contributed by atoms with Crippen LogP contribution in [0.3, 0.4) is 0 Å². The zero-order valence-corrected chi connectivity index (χ0v) is 14.1. The molecular formula is C16H25BrN2O. The molecule has 1 aliphatic rings. The molecule has 0 aliphatic carbocycles. The lowest BCUT2D eigenvalue weighted by molar-refractivity contribution is 0.152. The molecule has 0 bridgehead atoms. The van der Waals surface area contributed by atoms with E-state index in [1.807, 2.05) is 0 Å². The Morgan fingerprint density at radius 2 is 2.30 bits per heavy atom. The Morgan fingerprint density at radius 3 is 3.00 bits per heavy atom. The van der Waals surface area contributed by atoms with Crippen molar-refractivity contribution >= 4 is 15.9 Å². The van der Waals surface area contributed by atoms with Crippen molar-refractivity contribution in [3.63, 3.8) is 0 Å². The van der Waals surface area contributed by atoms with Crippen LogP contribution < -0.4 is 5.32 Å². The first kappa shape index (κ1) is 16.0. The molecule has 1 aromatic rings. The molecule has 0 aromatic heterocycles. The summed E-state index contributed by atoms with van der Waals surface area (Å²) < 4.78 is 6.48. The minimum atomic E-state index is 0.701. The highest BCUT2D eigenvalue weighted by atomic mass is 79.9. The Kier molecular flexibility index (Phi) is 6.49. The molecule has 1 heterocycles. The molecule has 4 heteroatoms. The number of halogens is 1. The zero-order chi connectivity index (χ0) is 14.4. The average molecular weight is 341 g/mol. The SMILES string of the molecule is CCNCc1ccc(CN2CCC(COC)C2)c(Br)c1. The first-order valence-electron chi connectivity index (χ1n) is 7.42. The molecule has 1 N–H and O–H groups in total. The second-order valence-electron chi connectivity index (χ2n) is 5.55. The molecule has 1 aromatic carbocycles. The summed E-state index contributed by atoms with van der Waals surface area (Å²) in [5.74, 6) is 0.701. The number of methoxy groups -OCH3 is 1. The lowest BCUT2D eigenvalue weighted by Crippen LogP contribution is -2.21. The van der Waals surface area contributed by atoms with Gasteiger partial charge in [-0.05, 0) is 42.6 Å². The van der Waals surface area contributed by atoms with Crippen molar-refractivity contribution < 1.29 is 4.74 Å². The highest BCUT2D eigenvalue weighted by molar-refractivity contribution is 9.10. The number of nitrogens with zero attached hydrogens (tertiary/aromatic N) is 1. The molecule has 1 unspecified atom stereocenters. The highest BCUT2D eigenvalue weighted by Gasteiger charge is 2.22. The molecule has 1 aliphatic heterocycles. The molecule has 0 saturated carbocycles. The number of hydrogen-bond acceptors (Lipinski definition) is 3. The Balaban J connectivity index is 1.90. The van der Waals surface area contributed by atoms with Crippen LogP contribution in [0.25, 0.3) is 0 Å². The maximum Gasteiger partial charge on any atom is 0.0503 e. The van der Waals surface area contributed by atoms with Crippen molar-refractivity contribution in [2.45, 2.75) is 26.4 Å². The molecule has 112 valence electrons. The maximum absolute atomic E-state index is 5.26. The van der Waals surface area contributed by atoms with Crippen molar-refractivity contribution in [2.75, 3.05) is 33.4 Å². The minimum Gasteiger partial charge on any atom is -0.384 e. The standard InChI is InChI=1S/C16H25BrN2O/c1-3-18-9-13-4-5-15(16(17)8-13)11-19-7-6-14(10-19)12-20-2/h4-5,8,14,18H,3,6-7,9-12H2,1-2H3. The van der Waals surface area contributed by atoms with Crippen LogP contribution in [0.15, 0.2) is 22.7 Å². The van der Waals surface area contributed by atoms with E-state index in [0.29, 0.717) is 5.92 Å². The van der Waals surface area contributed by atoms with Gasteiger partial charge in [0, 0.05) is 31.2 Å². The van der Waals surface area contributed by atoms with Gasteiger partial charge < -0.3 is 10.1 Å². The van der Waals surface area contributed by atoms with E-state index < -0.39 is 0 Å². The minimum absolute atomic E-state index is 0.701. The molecule has 0 spiro atoms. The fourth-order valence-corrected chi connectivity index (χ4v) is 3.32. The molecule has 3 nitrogen and oxygen atoms in total. The van der Waals surface area contributed by atoms with E-state index in [9.17, 15) is 0 Å². The summed E-state index contributed by atoms with van der Waals surface area (Å²) in [6, 6.07) is 6.71. The average Bonchev–Trinajstić information content (AvgIpc) is 2.87.